The van der Waals surface area contributed by atoms with E-state index in [1.165, 1.54) is 44.7 Å². The Morgan fingerprint density at radius 2 is 1.65 bits per heavy atom. The quantitative estimate of drug-likeness (QED) is 0.170. The van der Waals surface area contributed by atoms with Crippen molar-refractivity contribution < 1.29 is 9.47 Å². The molecule has 1 aliphatic rings. The van der Waals surface area contributed by atoms with Crippen LogP contribution in [0.15, 0.2) is 65.7 Å². The smallest absolute Gasteiger partial charge is 0.118 e. The fourth-order valence-corrected chi connectivity index (χ4v) is 3.09. The molecule has 0 amide bonds. The van der Waals surface area contributed by atoms with Crippen molar-refractivity contribution in [3.63, 3.8) is 0 Å². The second kappa shape index (κ2) is 25.2. The van der Waals surface area contributed by atoms with E-state index in [9.17, 15) is 0 Å². The van der Waals surface area contributed by atoms with E-state index >= 15 is 0 Å². The maximum absolute atomic E-state index is 7.09. The van der Waals surface area contributed by atoms with Crippen LogP contribution in [0.25, 0.3) is 0 Å². The highest BCUT2D eigenvalue weighted by atomic mass is 16.5. The average molecular weight is 471 g/mol. The molecule has 1 N–H and O–H groups in total. The Labute approximate surface area is 210 Å². The predicted octanol–water partition coefficient (Wildman–Crippen LogP) is 8.62. The number of nitrogens with zero attached hydrogens (tertiary/aromatic N) is 1. The van der Waals surface area contributed by atoms with Gasteiger partial charge in [-0.25, -0.2) is 0 Å². The Balaban J connectivity index is 0. The van der Waals surface area contributed by atoms with Gasteiger partial charge in [0.2, 0.25) is 0 Å². The molecule has 1 unspecified atom stereocenters. The molecular formula is C30H50N2O2. The number of allylic oxidation sites excluding steroid dienone is 4. The van der Waals surface area contributed by atoms with Gasteiger partial charge in [0.25, 0.3) is 0 Å². The molecule has 0 bridgehead atoms. The van der Waals surface area contributed by atoms with Crippen LogP contribution in [-0.4, -0.2) is 38.8 Å². The zero-order valence-corrected chi connectivity index (χ0v) is 22.8. The van der Waals surface area contributed by atoms with Gasteiger partial charge in [-0.2, -0.15) is 0 Å². The summed E-state index contributed by atoms with van der Waals surface area (Å²) in [5.74, 6) is 0.900. The average Bonchev–Trinajstić information content (AvgIpc) is 3.19. The Morgan fingerprint density at radius 3 is 2.12 bits per heavy atom. The van der Waals surface area contributed by atoms with E-state index in [4.69, 9.17) is 19.9 Å². The molecule has 1 saturated carbocycles. The normalized spacial score (nSPS) is 15.0. The van der Waals surface area contributed by atoms with Crippen molar-refractivity contribution in [2.75, 3.05) is 14.2 Å². The molecule has 1 aromatic carbocycles. The summed E-state index contributed by atoms with van der Waals surface area (Å²) < 4.78 is 10.2. The van der Waals surface area contributed by atoms with Gasteiger partial charge in [-0.3, -0.25) is 4.99 Å². The zero-order valence-electron chi connectivity index (χ0n) is 22.8. The first-order valence-electron chi connectivity index (χ1n) is 12.8. The maximum atomic E-state index is 7.09. The highest BCUT2D eigenvalue weighted by Gasteiger charge is 2.09. The van der Waals surface area contributed by atoms with Gasteiger partial charge in [-0.05, 0) is 61.6 Å². The first-order chi connectivity index (χ1) is 16.6. The highest BCUT2D eigenvalue weighted by Crippen LogP contribution is 2.20. The van der Waals surface area contributed by atoms with Crippen LogP contribution in [0.3, 0.4) is 0 Å². The van der Waals surface area contributed by atoms with Crippen molar-refractivity contribution in [1.82, 2.24) is 0 Å². The summed E-state index contributed by atoms with van der Waals surface area (Å²) in [7, 11) is 3.36. The summed E-state index contributed by atoms with van der Waals surface area (Å²) in [4.78, 5) is 4.70. The molecule has 34 heavy (non-hydrogen) atoms. The van der Waals surface area contributed by atoms with Crippen LogP contribution in [0.1, 0.15) is 85.1 Å². The zero-order chi connectivity index (χ0) is 26.0. The number of aliphatic imine (C=N–C) groups is 1. The van der Waals surface area contributed by atoms with Gasteiger partial charge in [0, 0.05) is 25.6 Å². The van der Waals surface area contributed by atoms with Crippen LogP contribution in [0, 0.1) is 5.41 Å². The number of hydrogen-bond acceptors (Lipinski definition) is 4. The molecule has 2 rings (SSSR count). The summed E-state index contributed by atoms with van der Waals surface area (Å²) in [6, 6.07) is 8.61. The van der Waals surface area contributed by atoms with Crippen LogP contribution >= 0.6 is 0 Å². The molecular weight excluding hydrogens is 420 g/mol. The molecule has 1 atom stereocenters. The molecule has 4 nitrogen and oxygen atoms in total. The molecule has 0 aromatic heterocycles. The van der Waals surface area contributed by atoms with Crippen molar-refractivity contribution in [1.29, 1.82) is 5.41 Å². The van der Waals surface area contributed by atoms with E-state index in [2.05, 4.69) is 18.7 Å². The number of rotatable bonds is 9. The molecule has 1 aliphatic carbocycles. The third kappa shape index (κ3) is 18.0. The SMILES string of the molecule is C=C/C=C(/C=N)C/C=C\C(C)OC.CC.CC.COc1ccc(C=NC2CCCCCC2)cc1. The number of nitrogens with one attached hydrogen (secondary N) is 1. The van der Waals surface area contributed by atoms with Gasteiger partial charge in [0.05, 0.1) is 13.2 Å². The topological polar surface area (TPSA) is 54.7 Å². The lowest BCUT2D eigenvalue weighted by Crippen LogP contribution is -2.02. The number of hydrogen-bond donors (Lipinski definition) is 1. The molecule has 4 heteroatoms. The standard InChI is InChI=1S/C15H21NO.C11H17NO.2C2H6/c1-17-15-10-8-13(9-11-15)12-16-14-6-4-2-3-5-7-14;1-4-6-11(9-12)8-5-7-10(2)13-3;2*1-2/h8-12,14H,2-7H2,1H3;4-7,9-10,12H,1,8H2,2-3H3;2*1-2H3/b;7-5-,11-6+,12-9?;;. The lowest BCUT2D eigenvalue weighted by atomic mass is 10.1. The monoisotopic (exact) mass is 470 g/mol. The van der Waals surface area contributed by atoms with Crippen LogP contribution in [-0.2, 0) is 4.74 Å². The molecule has 1 fully saturated rings. The molecule has 0 radical (unpaired) electrons. The van der Waals surface area contributed by atoms with E-state index in [-0.39, 0.29) is 6.10 Å². The van der Waals surface area contributed by atoms with Gasteiger partial charge in [0.1, 0.15) is 5.75 Å². The Hall–Kier alpha value is -2.46. The van der Waals surface area contributed by atoms with Crippen molar-refractivity contribution in [2.24, 2.45) is 4.99 Å². The third-order valence-electron chi connectivity index (χ3n) is 5.02. The van der Waals surface area contributed by atoms with Gasteiger partial charge in [-0.15, -0.1) is 0 Å². The van der Waals surface area contributed by atoms with Crippen molar-refractivity contribution in [3.05, 3.63) is 66.3 Å². The minimum Gasteiger partial charge on any atom is -0.497 e. The van der Waals surface area contributed by atoms with Crippen molar-refractivity contribution in [3.8, 4) is 5.75 Å². The number of ether oxygens (including phenoxy) is 2. The van der Waals surface area contributed by atoms with Gasteiger partial charge in [0.15, 0.2) is 0 Å². The van der Waals surface area contributed by atoms with Crippen molar-refractivity contribution in [2.45, 2.75) is 91.7 Å². The van der Waals surface area contributed by atoms with Gasteiger partial charge < -0.3 is 14.9 Å². The molecule has 1 aromatic rings. The van der Waals surface area contributed by atoms with E-state index in [1.54, 1.807) is 20.3 Å². The van der Waals surface area contributed by atoms with Crippen LogP contribution in [0.2, 0.25) is 0 Å². The summed E-state index contributed by atoms with van der Waals surface area (Å²) in [6.07, 6.45) is 19.7. The van der Waals surface area contributed by atoms with Gasteiger partial charge >= 0.3 is 0 Å². The second-order valence-corrected chi connectivity index (χ2v) is 7.39. The summed E-state index contributed by atoms with van der Waals surface area (Å²) in [5.41, 5.74) is 2.10. The minimum absolute atomic E-state index is 0.135. The molecule has 0 saturated heterocycles. The fourth-order valence-electron chi connectivity index (χ4n) is 3.09. The first-order valence-corrected chi connectivity index (χ1v) is 12.8. The van der Waals surface area contributed by atoms with Crippen LogP contribution < -0.4 is 4.74 Å². The van der Waals surface area contributed by atoms with Crippen LogP contribution in [0.5, 0.6) is 5.75 Å². The number of benzene rings is 1. The molecule has 0 aliphatic heterocycles. The summed E-state index contributed by atoms with van der Waals surface area (Å²) in [6.45, 7) is 13.5. The fraction of sp³-hybridized carbons (Fsp3) is 0.533. The Kier molecular flexibility index (Phi) is 25.0. The second-order valence-electron chi connectivity index (χ2n) is 7.39. The van der Waals surface area contributed by atoms with E-state index in [1.807, 2.05) is 71.2 Å². The largest absolute Gasteiger partial charge is 0.497 e. The van der Waals surface area contributed by atoms with E-state index < -0.39 is 0 Å². The number of methoxy groups -OCH3 is 2. The first kappa shape index (κ1) is 33.7. The Bertz CT molecular complexity index is 682. The summed E-state index contributed by atoms with van der Waals surface area (Å²) in [5, 5.41) is 7.09. The van der Waals surface area contributed by atoms with Crippen molar-refractivity contribution >= 4 is 12.4 Å². The molecule has 192 valence electrons. The lowest BCUT2D eigenvalue weighted by molar-refractivity contribution is 0.156. The predicted molar refractivity (Wildman–Crippen MR) is 152 cm³/mol. The van der Waals surface area contributed by atoms with Gasteiger partial charge in [-0.1, -0.05) is 84.3 Å². The Morgan fingerprint density at radius 1 is 1.06 bits per heavy atom. The molecule has 0 heterocycles. The van der Waals surface area contributed by atoms with E-state index in [0.717, 1.165) is 23.3 Å². The third-order valence-corrected chi connectivity index (χ3v) is 5.02. The van der Waals surface area contributed by atoms with Crippen LogP contribution in [0.4, 0.5) is 0 Å². The lowest BCUT2D eigenvalue weighted by Gasteiger charge is -2.07. The van der Waals surface area contributed by atoms with E-state index in [0.29, 0.717) is 6.04 Å². The summed E-state index contributed by atoms with van der Waals surface area (Å²) >= 11 is 0. The molecule has 0 spiro atoms. The minimum atomic E-state index is 0.135. The highest BCUT2D eigenvalue weighted by molar-refractivity contribution is 5.79. The maximum Gasteiger partial charge on any atom is 0.118 e.